The summed E-state index contributed by atoms with van der Waals surface area (Å²) in [4.78, 5) is 24.5. The lowest BCUT2D eigenvalue weighted by Crippen LogP contribution is -2.47. The second-order valence-electron chi connectivity index (χ2n) is 10.2. The van der Waals surface area contributed by atoms with Crippen LogP contribution < -0.4 is 10.6 Å². The number of nitrogens with zero attached hydrogens (tertiary/aromatic N) is 6. The molecule has 2 aromatic rings. The van der Waals surface area contributed by atoms with Crippen molar-refractivity contribution in [3.63, 3.8) is 0 Å². The Labute approximate surface area is 210 Å². The van der Waals surface area contributed by atoms with Crippen molar-refractivity contribution in [2.45, 2.75) is 64.5 Å². The molecule has 36 heavy (non-hydrogen) atoms. The highest BCUT2D eigenvalue weighted by Gasteiger charge is 2.32. The second-order valence-corrected chi connectivity index (χ2v) is 10.2. The maximum absolute atomic E-state index is 13.6. The molecule has 12 heteroatoms. The van der Waals surface area contributed by atoms with E-state index in [9.17, 15) is 13.6 Å². The average Bonchev–Trinajstić information content (AvgIpc) is 3.18. The Hall–Kier alpha value is -3.02. The molecule has 0 radical (unpaired) electrons. The van der Waals surface area contributed by atoms with Crippen molar-refractivity contribution in [2.75, 3.05) is 50.4 Å². The molecular formula is C24H36F2N8O2. The van der Waals surface area contributed by atoms with Crippen LogP contribution in [0.2, 0.25) is 0 Å². The molecule has 2 aliphatic rings. The zero-order valence-corrected chi connectivity index (χ0v) is 21.4. The van der Waals surface area contributed by atoms with Crippen LogP contribution in [0.25, 0.3) is 0 Å². The topological polar surface area (TPSA) is 100 Å². The van der Waals surface area contributed by atoms with Gasteiger partial charge in [-0.1, -0.05) is 0 Å². The minimum absolute atomic E-state index is 0.0743. The predicted molar refractivity (Wildman–Crippen MR) is 133 cm³/mol. The normalized spacial score (nSPS) is 19.0. The molecule has 198 valence electrons. The van der Waals surface area contributed by atoms with Gasteiger partial charge in [-0.15, -0.1) is 0 Å². The number of aromatic nitrogens is 4. The molecular weight excluding hydrogens is 470 g/mol. The maximum Gasteiger partial charge on any atom is 0.410 e. The van der Waals surface area contributed by atoms with Crippen LogP contribution in [0.5, 0.6) is 0 Å². The highest BCUT2D eigenvalue weighted by Crippen LogP contribution is 2.29. The molecule has 0 aromatic carbocycles. The first kappa shape index (κ1) is 26.1. The Kier molecular flexibility index (Phi) is 7.91. The third-order valence-electron chi connectivity index (χ3n) is 6.78. The summed E-state index contributed by atoms with van der Waals surface area (Å²) in [6, 6.07) is 0.332. The molecule has 1 amide bonds. The molecule has 2 fully saturated rings. The maximum atomic E-state index is 13.6. The fourth-order valence-corrected chi connectivity index (χ4v) is 4.45. The quantitative estimate of drug-likeness (QED) is 0.484. The number of hydrogen-bond donors (Lipinski definition) is 2. The summed E-state index contributed by atoms with van der Waals surface area (Å²) in [6.07, 6.45) is 3.38. The summed E-state index contributed by atoms with van der Waals surface area (Å²) < 4.78 is 34.6. The average molecular weight is 507 g/mol. The van der Waals surface area contributed by atoms with Crippen molar-refractivity contribution in [3.05, 3.63) is 23.7 Å². The molecule has 0 saturated carbocycles. The fraction of sp³-hybridized carbons (Fsp3) is 0.667. The van der Waals surface area contributed by atoms with Crippen molar-refractivity contribution in [3.8, 4) is 0 Å². The Morgan fingerprint density at radius 2 is 2.00 bits per heavy atom. The Bertz CT molecular complexity index is 1050. The molecule has 0 spiro atoms. The van der Waals surface area contributed by atoms with E-state index >= 15 is 0 Å². The van der Waals surface area contributed by atoms with Gasteiger partial charge in [0.05, 0.1) is 23.0 Å². The van der Waals surface area contributed by atoms with Gasteiger partial charge in [-0.25, -0.2) is 18.6 Å². The van der Waals surface area contributed by atoms with E-state index in [1.165, 1.54) is 0 Å². The molecule has 4 rings (SSSR count). The number of halogens is 2. The number of anilines is 3. The standard InChI is InChI=1S/C24H36F2N8O2/c1-16-19(15-34(31-16)17-6-11-32(4)12-7-17)29-22-28-14-18(20(25)26)21(30-22)27-9-5-10-33-13-8-24(2,3)36-23(33)35/h14-15,17,20H,5-13H2,1-4H3,(H2,27,28,29,30). The first-order chi connectivity index (χ1) is 17.1. The summed E-state index contributed by atoms with van der Waals surface area (Å²) in [5, 5.41) is 10.8. The Morgan fingerprint density at radius 1 is 1.25 bits per heavy atom. The van der Waals surface area contributed by atoms with E-state index in [1.54, 1.807) is 4.90 Å². The van der Waals surface area contributed by atoms with Gasteiger partial charge in [-0.3, -0.25) is 4.68 Å². The minimum Gasteiger partial charge on any atom is -0.443 e. The van der Waals surface area contributed by atoms with Crippen LogP contribution in [0.4, 0.5) is 31.0 Å². The number of rotatable bonds is 9. The van der Waals surface area contributed by atoms with E-state index in [2.05, 4.69) is 37.6 Å². The van der Waals surface area contributed by atoms with Crippen LogP contribution in [-0.4, -0.2) is 81.0 Å². The van der Waals surface area contributed by atoms with Gasteiger partial charge >= 0.3 is 6.09 Å². The number of carbonyl (C=O) groups excluding carboxylic acids is 1. The predicted octanol–water partition coefficient (Wildman–Crippen LogP) is 4.35. The van der Waals surface area contributed by atoms with E-state index in [1.807, 2.05) is 31.6 Å². The number of nitrogens with one attached hydrogen (secondary N) is 2. The van der Waals surface area contributed by atoms with Gasteiger partial charge in [0.2, 0.25) is 5.95 Å². The van der Waals surface area contributed by atoms with Crippen LogP contribution in [0, 0.1) is 6.92 Å². The molecule has 2 N–H and O–H groups in total. The molecule has 10 nitrogen and oxygen atoms in total. The zero-order chi connectivity index (χ0) is 25.9. The molecule has 0 bridgehead atoms. The number of ether oxygens (including phenoxy) is 1. The molecule has 0 aliphatic carbocycles. The molecule has 2 saturated heterocycles. The first-order valence-corrected chi connectivity index (χ1v) is 12.5. The van der Waals surface area contributed by atoms with E-state index in [0.717, 1.165) is 49.9 Å². The van der Waals surface area contributed by atoms with Crippen molar-refractivity contribution in [2.24, 2.45) is 0 Å². The zero-order valence-electron chi connectivity index (χ0n) is 21.4. The SMILES string of the molecule is Cc1nn(C2CCN(C)CC2)cc1Nc1ncc(C(F)F)c(NCCCN2CCC(C)(C)OC2=O)n1. The van der Waals surface area contributed by atoms with Gasteiger partial charge in [0, 0.05) is 38.4 Å². The van der Waals surface area contributed by atoms with Gasteiger partial charge in [0.1, 0.15) is 11.4 Å². The van der Waals surface area contributed by atoms with E-state index < -0.39 is 12.0 Å². The lowest BCUT2D eigenvalue weighted by atomic mass is 10.0. The number of alkyl halides is 2. The number of hydrogen-bond acceptors (Lipinski definition) is 8. The van der Waals surface area contributed by atoms with Crippen LogP contribution in [-0.2, 0) is 4.74 Å². The molecule has 0 unspecified atom stereocenters. The van der Waals surface area contributed by atoms with Gasteiger partial charge < -0.3 is 25.2 Å². The van der Waals surface area contributed by atoms with E-state index in [4.69, 9.17) is 4.74 Å². The number of amides is 1. The summed E-state index contributed by atoms with van der Waals surface area (Å²) in [5.74, 6) is 0.292. The molecule has 4 heterocycles. The number of carbonyl (C=O) groups is 1. The summed E-state index contributed by atoms with van der Waals surface area (Å²) in [6.45, 7) is 9.17. The number of piperidine rings is 1. The highest BCUT2D eigenvalue weighted by molar-refractivity contribution is 5.69. The van der Waals surface area contributed by atoms with Crippen molar-refractivity contribution in [1.29, 1.82) is 0 Å². The lowest BCUT2D eigenvalue weighted by molar-refractivity contribution is -0.0253. The van der Waals surface area contributed by atoms with Crippen molar-refractivity contribution >= 4 is 23.5 Å². The second kappa shape index (κ2) is 10.9. The number of cyclic esters (lactones) is 1. The lowest BCUT2D eigenvalue weighted by Gasteiger charge is -2.36. The fourth-order valence-electron chi connectivity index (χ4n) is 4.45. The summed E-state index contributed by atoms with van der Waals surface area (Å²) in [7, 11) is 2.12. The summed E-state index contributed by atoms with van der Waals surface area (Å²) >= 11 is 0. The smallest absolute Gasteiger partial charge is 0.410 e. The molecule has 2 aromatic heterocycles. The third kappa shape index (κ3) is 6.40. The molecule has 2 aliphatic heterocycles. The minimum atomic E-state index is -2.71. The largest absolute Gasteiger partial charge is 0.443 e. The van der Waals surface area contributed by atoms with Gasteiger partial charge in [-0.2, -0.15) is 10.1 Å². The first-order valence-electron chi connectivity index (χ1n) is 12.5. The van der Waals surface area contributed by atoms with Crippen molar-refractivity contribution < 1.29 is 18.3 Å². The van der Waals surface area contributed by atoms with Gasteiger partial charge in [0.15, 0.2) is 0 Å². The van der Waals surface area contributed by atoms with Gasteiger partial charge in [0.25, 0.3) is 6.43 Å². The number of likely N-dealkylation sites (tertiary alicyclic amines) is 1. The van der Waals surface area contributed by atoms with Crippen LogP contribution in [0.15, 0.2) is 12.4 Å². The van der Waals surface area contributed by atoms with Crippen LogP contribution in [0.3, 0.4) is 0 Å². The third-order valence-corrected chi connectivity index (χ3v) is 6.78. The highest BCUT2D eigenvalue weighted by atomic mass is 19.3. The summed E-state index contributed by atoms with van der Waals surface area (Å²) in [5.41, 5.74) is 0.820. The van der Waals surface area contributed by atoms with E-state index in [0.29, 0.717) is 32.1 Å². The Balaban J connectivity index is 1.37. The van der Waals surface area contributed by atoms with Crippen LogP contribution >= 0.6 is 0 Å². The van der Waals surface area contributed by atoms with Crippen molar-refractivity contribution in [1.82, 2.24) is 29.5 Å². The van der Waals surface area contributed by atoms with Crippen LogP contribution in [0.1, 0.15) is 63.3 Å². The Morgan fingerprint density at radius 3 is 2.69 bits per heavy atom. The van der Waals surface area contributed by atoms with Gasteiger partial charge in [-0.05, 0) is 60.2 Å². The monoisotopic (exact) mass is 506 g/mol. The van der Waals surface area contributed by atoms with E-state index in [-0.39, 0.29) is 23.4 Å². The number of aryl methyl sites for hydroxylation is 1. The molecule has 0 atom stereocenters.